The van der Waals surface area contributed by atoms with E-state index in [1.807, 2.05) is 0 Å². The number of ether oxygens (including phenoxy) is 2. The van der Waals surface area contributed by atoms with E-state index in [-0.39, 0.29) is 17.4 Å². The summed E-state index contributed by atoms with van der Waals surface area (Å²) >= 11 is 13.7. The van der Waals surface area contributed by atoms with Gasteiger partial charge in [0.15, 0.2) is 6.61 Å². The number of benzene rings is 2. The van der Waals surface area contributed by atoms with Crippen molar-refractivity contribution in [2.24, 2.45) is 0 Å². The van der Waals surface area contributed by atoms with Gasteiger partial charge in [0.2, 0.25) is 0 Å². The number of carbonyl (C=O) groups is 2. The highest BCUT2D eigenvalue weighted by molar-refractivity contribution is 7.09. The fourth-order valence-corrected chi connectivity index (χ4v) is 4.89. The lowest BCUT2D eigenvalue weighted by atomic mass is 9.97. The number of carboxylic acid groups (broad SMARTS) is 1. The molecule has 0 saturated carbocycles. The molecule has 3 aromatic rings. The molecule has 0 radical (unpaired) electrons. The summed E-state index contributed by atoms with van der Waals surface area (Å²) in [4.78, 5) is 30.8. The average Bonchev–Trinajstić information content (AvgIpc) is 3.26. The highest BCUT2D eigenvalue weighted by Gasteiger charge is 2.37. The molecule has 1 unspecified atom stereocenters. The lowest BCUT2D eigenvalue weighted by molar-refractivity contribution is -0.139. The lowest BCUT2D eigenvalue weighted by Gasteiger charge is -2.35. The molecule has 1 amide bonds. The third-order valence-electron chi connectivity index (χ3n) is 5.03. The van der Waals surface area contributed by atoms with Crippen LogP contribution in [0.2, 0.25) is 10.0 Å². The molecule has 7 nitrogen and oxygen atoms in total. The fraction of sp³-hybridized carbons (Fsp3) is 0.227. The minimum Gasteiger partial charge on any atom is -0.482 e. The second-order valence-corrected chi connectivity index (χ2v) is 8.89. The van der Waals surface area contributed by atoms with E-state index < -0.39 is 30.5 Å². The Balaban J connectivity index is 1.66. The Bertz CT molecular complexity index is 1210. The van der Waals surface area contributed by atoms with Gasteiger partial charge in [-0.2, -0.15) is 0 Å². The number of hydrogen-bond acceptors (Lipinski definition) is 6. The zero-order valence-electron chi connectivity index (χ0n) is 17.0. The van der Waals surface area contributed by atoms with E-state index in [4.69, 9.17) is 37.8 Å². The van der Waals surface area contributed by atoms with Gasteiger partial charge in [0.1, 0.15) is 24.2 Å². The molecule has 1 aromatic heterocycles. The van der Waals surface area contributed by atoms with E-state index in [0.29, 0.717) is 29.1 Å². The van der Waals surface area contributed by atoms with Crippen LogP contribution in [0.5, 0.6) is 5.75 Å². The summed E-state index contributed by atoms with van der Waals surface area (Å²) in [6.45, 7) is -0.479. The largest absolute Gasteiger partial charge is 0.482 e. The third kappa shape index (κ3) is 5.21. The molecule has 0 saturated heterocycles. The highest BCUT2D eigenvalue weighted by Crippen LogP contribution is 2.42. The van der Waals surface area contributed by atoms with Crippen LogP contribution >= 0.6 is 34.5 Å². The van der Waals surface area contributed by atoms with Crippen molar-refractivity contribution in [1.82, 2.24) is 9.88 Å². The number of fused-ring (bicyclic) bond motifs is 1. The van der Waals surface area contributed by atoms with E-state index in [2.05, 4.69) is 4.98 Å². The van der Waals surface area contributed by atoms with Crippen molar-refractivity contribution in [3.63, 3.8) is 0 Å². The number of aromatic nitrogens is 1. The summed E-state index contributed by atoms with van der Waals surface area (Å²) in [5, 5.41) is 9.71. The van der Waals surface area contributed by atoms with Gasteiger partial charge in [0.05, 0.1) is 16.1 Å². The molecule has 11 heteroatoms. The van der Waals surface area contributed by atoms with E-state index in [1.165, 1.54) is 34.4 Å². The molecule has 0 aliphatic carbocycles. The Morgan fingerprint density at radius 1 is 1.24 bits per heavy atom. The molecule has 0 bridgehead atoms. The number of halogens is 3. The van der Waals surface area contributed by atoms with Gasteiger partial charge < -0.3 is 14.6 Å². The molecule has 4 rings (SSSR count). The van der Waals surface area contributed by atoms with Gasteiger partial charge in [-0.05, 0) is 36.4 Å². The van der Waals surface area contributed by atoms with Crippen molar-refractivity contribution in [2.75, 3.05) is 13.2 Å². The number of nitrogens with zero attached hydrogens (tertiary/aromatic N) is 2. The van der Waals surface area contributed by atoms with Gasteiger partial charge in [-0.1, -0.05) is 23.2 Å². The fourth-order valence-electron chi connectivity index (χ4n) is 3.57. The Morgan fingerprint density at radius 3 is 2.85 bits per heavy atom. The molecule has 1 aliphatic heterocycles. The number of carboxylic acids is 1. The number of aliphatic carboxylic acids is 1. The number of carbonyl (C=O) groups excluding carboxylic acids is 1. The molecule has 2 heterocycles. The first-order valence-corrected chi connectivity index (χ1v) is 11.4. The average molecular weight is 511 g/mol. The molecule has 2 aromatic carbocycles. The van der Waals surface area contributed by atoms with Crippen LogP contribution < -0.4 is 4.74 Å². The van der Waals surface area contributed by atoms with Crippen molar-refractivity contribution in [2.45, 2.75) is 19.1 Å². The van der Waals surface area contributed by atoms with E-state index in [9.17, 15) is 14.0 Å². The molecule has 1 N–H and O–H groups in total. The molecule has 0 spiro atoms. The minimum absolute atomic E-state index is 0.216. The van der Waals surface area contributed by atoms with Crippen LogP contribution in [0.15, 0.2) is 41.9 Å². The highest BCUT2D eigenvalue weighted by atomic mass is 35.5. The van der Waals surface area contributed by atoms with Gasteiger partial charge in [-0.3, -0.25) is 4.90 Å². The van der Waals surface area contributed by atoms with Gasteiger partial charge in [0, 0.05) is 34.1 Å². The number of amides is 1. The summed E-state index contributed by atoms with van der Waals surface area (Å²) in [5.74, 6) is -1.35. The van der Waals surface area contributed by atoms with Crippen molar-refractivity contribution in [3.05, 3.63) is 79.5 Å². The van der Waals surface area contributed by atoms with E-state index >= 15 is 0 Å². The van der Waals surface area contributed by atoms with Crippen molar-refractivity contribution < 1.29 is 28.6 Å². The van der Waals surface area contributed by atoms with Crippen LogP contribution in [0.3, 0.4) is 0 Å². The van der Waals surface area contributed by atoms with Crippen LogP contribution in [0.4, 0.5) is 9.18 Å². The Labute approximate surface area is 202 Å². The maximum atomic E-state index is 13.6. The Kier molecular flexibility index (Phi) is 7.02. The summed E-state index contributed by atoms with van der Waals surface area (Å²) in [6, 6.07) is 7.93. The SMILES string of the molecule is O=C(O)COc1ccc(Cl)cc1C1c2scnc2CCN1C(=O)OCc1cc(F)ccc1Cl. The number of thiazole rings is 1. The van der Waals surface area contributed by atoms with E-state index in [0.717, 1.165) is 10.6 Å². The maximum absolute atomic E-state index is 13.6. The van der Waals surface area contributed by atoms with Crippen LogP contribution in [0.1, 0.15) is 27.7 Å². The third-order valence-corrected chi connectivity index (χ3v) is 6.56. The topological polar surface area (TPSA) is 89.0 Å². The standard InChI is InChI=1S/C22H17Cl2FN2O5S/c23-13-1-4-18(31-10-19(28)29)15(8-13)20-21-17(26-11-33-21)5-6-27(20)22(30)32-9-12-7-14(25)2-3-16(12)24/h1-4,7-8,11,20H,5-6,9-10H2,(H,28,29). The van der Waals surface area contributed by atoms with Gasteiger partial charge >= 0.3 is 12.1 Å². The zero-order chi connectivity index (χ0) is 23.5. The van der Waals surface area contributed by atoms with Crippen molar-refractivity contribution in [1.29, 1.82) is 0 Å². The molecular weight excluding hydrogens is 494 g/mol. The first kappa shape index (κ1) is 23.3. The van der Waals surface area contributed by atoms with Gasteiger partial charge in [0.25, 0.3) is 0 Å². The first-order valence-electron chi connectivity index (χ1n) is 9.77. The molecule has 1 aliphatic rings. The van der Waals surface area contributed by atoms with Crippen molar-refractivity contribution in [3.8, 4) is 5.75 Å². The van der Waals surface area contributed by atoms with E-state index in [1.54, 1.807) is 23.7 Å². The van der Waals surface area contributed by atoms with Crippen molar-refractivity contribution >= 4 is 46.6 Å². The predicted molar refractivity (Wildman–Crippen MR) is 121 cm³/mol. The zero-order valence-corrected chi connectivity index (χ0v) is 19.3. The van der Waals surface area contributed by atoms with Crippen LogP contribution in [-0.2, 0) is 22.6 Å². The number of rotatable bonds is 6. The second kappa shape index (κ2) is 9.94. The normalized spacial score (nSPS) is 15.1. The molecular formula is C22H17Cl2FN2O5S. The van der Waals surface area contributed by atoms with Gasteiger partial charge in [-0.25, -0.2) is 19.0 Å². The Hall–Kier alpha value is -2.88. The van der Waals surface area contributed by atoms with Gasteiger partial charge in [-0.15, -0.1) is 11.3 Å². The Morgan fingerprint density at radius 2 is 2.06 bits per heavy atom. The second-order valence-electron chi connectivity index (χ2n) is 7.16. The van der Waals surface area contributed by atoms with Crippen LogP contribution in [0, 0.1) is 5.82 Å². The molecule has 1 atom stereocenters. The summed E-state index contributed by atoms with van der Waals surface area (Å²) in [6.07, 6.45) is -0.139. The quantitative estimate of drug-likeness (QED) is 0.481. The molecule has 33 heavy (non-hydrogen) atoms. The monoisotopic (exact) mass is 510 g/mol. The maximum Gasteiger partial charge on any atom is 0.410 e. The molecule has 0 fully saturated rings. The lowest BCUT2D eigenvalue weighted by Crippen LogP contribution is -2.40. The van der Waals surface area contributed by atoms with Crippen LogP contribution in [0.25, 0.3) is 0 Å². The first-order chi connectivity index (χ1) is 15.8. The summed E-state index contributed by atoms with van der Waals surface area (Å²) in [5.41, 5.74) is 3.35. The summed E-state index contributed by atoms with van der Waals surface area (Å²) < 4.78 is 24.5. The predicted octanol–water partition coefficient (Wildman–Crippen LogP) is 5.34. The number of hydrogen-bond donors (Lipinski definition) is 1. The summed E-state index contributed by atoms with van der Waals surface area (Å²) in [7, 11) is 0. The minimum atomic E-state index is -1.14. The smallest absolute Gasteiger partial charge is 0.410 e. The molecule has 172 valence electrons. The van der Waals surface area contributed by atoms with Crippen LogP contribution in [-0.4, -0.2) is 40.2 Å².